The zero-order valence-electron chi connectivity index (χ0n) is 14.5. The molecule has 3 heterocycles. The number of β-amino-alcohol motifs (C(OH)–C–C–N with tert-alkyl or cyclic N) is 1. The van der Waals surface area contributed by atoms with Crippen molar-refractivity contribution in [2.45, 2.75) is 32.9 Å². The Morgan fingerprint density at radius 1 is 1.17 bits per heavy atom. The van der Waals surface area contributed by atoms with Crippen molar-refractivity contribution in [1.29, 1.82) is 0 Å². The van der Waals surface area contributed by atoms with Gasteiger partial charge < -0.3 is 19.7 Å². The van der Waals surface area contributed by atoms with Crippen molar-refractivity contribution in [2.75, 3.05) is 39.4 Å². The lowest BCUT2D eigenvalue weighted by molar-refractivity contribution is -0.00611. The number of aliphatic hydroxyl groups is 1. The number of rotatable bonds is 2. The smallest absolute Gasteiger partial charge is 0.261 e. The van der Waals surface area contributed by atoms with Gasteiger partial charge in [0, 0.05) is 31.9 Å². The fraction of sp³-hybridized carbons (Fsp3) is 0.647. The minimum absolute atomic E-state index is 0.0937. The predicted molar refractivity (Wildman–Crippen MR) is 89.4 cm³/mol. The molecule has 2 atom stereocenters. The fourth-order valence-electron chi connectivity index (χ4n) is 3.58. The van der Waals surface area contributed by atoms with Gasteiger partial charge in [-0.05, 0) is 31.9 Å². The number of nitrogens with one attached hydrogen (secondary N) is 1. The minimum atomic E-state index is -0.599. The summed E-state index contributed by atoms with van der Waals surface area (Å²) in [6.45, 7) is 9.02. The Bertz CT molecular complexity index is 694. The highest BCUT2D eigenvalue weighted by atomic mass is 16.5. The molecular formula is C17H25N3O4. The summed E-state index contributed by atoms with van der Waals surface area (Å²) in [5.41, 5.74) is 2.24. The third kappa shape index (κ3) is 2.99. The van der Waals surface area contributed by atoms with E-state index in [0.717, 1.165) is 24.3 Å². The van der Waals surface area contributed by atoms with Gasteiger partial charge in [-0.25, -0.2) is 0 Å². The number of nitrogens with zero attached hydrogens (tertiary/aromatic N) is 2. The molecule has 0 radical (unpaired) electrons. The van der Waals surface area contributed by atoms with Crippen LogP contribution in [0.15, 0.2) is 4.79 Å². The van der Waals surface area contributed by atoms with Gasteiger partial charge in [-0.1, -0.05) is 0 Å². The second-order valence-electron chi connectivity index (χ2n) is 6.70. The molecule has 24 heavy (non-hydrogen) atoms. The molecule has 1 aromatic rings. The van der Waals surface area contributed by atoms with Gasteiger partial charge >= 0.3 is 0 Å². The van der Waals surface area contributed by atoms with Crippen molar-refractivity contribution in [2.24, 2.45) is 0 Å². The lowest BCUT2D eigenvalue weighted by Gasteiger charge is -2.33. The molecule has 3 rings (SSSR count). The molecule has 7 heteroatoms. The SMILES string of the molecule is Cc1[nH]c(=O)c(C(=O)N2C[C@H](O)[C@@H](N3CCOCC3)C2)c(C)c1C. The van der Waals surface area contributed by atoms with Crippen LogP contribution in [0.25, 0.3) is 0 Å². The number of hydrogen-bond acceptors (Lipinski definition) is 5. The van der Waals surface area contributed by atoms with Crippen LogP contribution in [0.2, 0.25) is 0 Å². The van der Waals surface area contributed by atoms with Gasteiger partial charge in [-0.2, -0.15) is 0 Å². The third-order valence-electron chi connectivity index (χ3n) is 5.30. The summed E-state index contributed by atoms with van der Waals surface area (Å²) >= 11 is 0. The number of carbonyl (C=O) groups excluding carboxylic acids is 1. The molecule has 2 fully saturated rings. The number of H-pyrrole nitrogens is 1. The van der Waals surface area contributed by atoms with E-state index in [2.05, 4.69) is 9.88 Å². The molecule has 0 saturated carbocycles. The Morgan fingerprint density at radius 2 is 1.83 bits per heavy atom. The van der Waals surface area contributed by atoms with Crippen LogP contribution < -0.4 is 5.56 Å². The Balaban J connectivity index is 1.82. The van der Waals surface area contributed by atoms with Gasteiger partial charge in [0.25, 0.3) is 11.5 Å². The first-order chi connectivity index (χ1) is 11.4. The third-order valence-corrected chi connectivity index (χ3v) is 5.30. The number of aliphatic hydroxyl groups excluding tert-OH is 1. The Kier molecular flexibility index (Phi) is 4.76. The number of aryl methyl sites for hydroxylation is 1. The maximum Gasteiger partial charge on any atom is 0.261 e. The molecule has 2 aliphatic heterocycles. The van der Waals surface area contributed by atoms with Crippen LogP contribution in [0.5, 0.6) is 0 Å². The summed E-state index contributed by atoms with van der Waals surface area (Å²) in [6, 6.07) is -0.0937. The zero-order chi connectivity index (χ0) is 17.4. The number of likely N-dealkylation sites (tertiary alicyclic amines) is 1. The largest absolute Gasteiger partial charge is 0.390 e. The number of morpholine rings is 1. The van der Waals surface area contributed by atoms with E-state index in [4.69, 9.17) is 4.74 Å². The van der Waals surface area contributed by atoms with Gasteiger partial charge in [0.05, 0.1) is 25.4 Å². The number of carbonyl (C=O) groups is 1. The normalized spacial score (nSPS) is 25.2. The number of aromatic amines is 1. The Hall–Kier alpha value is -1.70. The van der Waals surface area contributed by atoms with Gasteiger partial charge in [0.1, 0.15) is 5.56 Å². The number of hydrogen-bond donors (Lipinski definition) is 2. The summed E-state index contributed by atoms with van der Waals surface area (Å²) in [7, 11) is 0. The van der Waals surface area contributed by atoms with E-state index in [9.17, 15) is 14.7 Å². The summed E-state index contributed by atoms with van der Waals surface area (Å²) in [5, 5.41) is 10.4. The second-order valence-corrected chi connectivity index (χ2v) is 6.70. The van der Waals surface area contributed by atoms with Gasteiger partial charge in [-0.15, -0.1) is 0 Å². The fourth-order valence-corrected chi connectivity index (χ4v) is 3.58. The molecule has 0 aliphatic carbocycles. The molecule has 2 N–H and O–H groups in total. The van der Waals surface area contributed by atoms with Crippen LogP contribution in [-0.2, 0) is 4.74 Å². The zero-order valence-corrected chi connectivity index (χ0v) is 14.5. The molecule has 0 aromatic carbocycles. The first-order valence-corrected chi connectivity index (χ1v) is 8.39. The number of ether oxygens (including phenoxy) is 1. The van der Waals surface area contributed by atoms with Crippen LogP contribution in [0.1, 0.15) is 27.2 Å². The van der Waals surface area contributed by atoms with Crippen LogP contribution in [0.3, 0.4) is 0 Å². The molecule has 1 amide bonds. The lowest BCUT2D eigenvalue weighted by atomic mass is 10.0. The molecule has 0 bridgehead atoms. The first kappa shape index (κ1) is 17.1. The molecule has 0 unspecified atom stereocenters. The number of amides is 1. The van der Waals surface area contributed by atoms with E-state index in [-0.39, 0.29) is 29.6 Å². The molecule has 132 valence electrons. The molecule has 1 aromatic heterocycles. The maximum atomic E-state index is 12.9. The Labute approximate surface area is 141 Å². The highest BCUT2D eigenvalue weighted by Gasteiger charge is 2.39. The van der Waals surface area contributed by atoms with Crippen LogP contribution in [0.4, 0.5) is 0 Å². The van der Waals surface area contributed by atoms with Crippen LogP contribution in [-0.4, -0.2) is 77.3 Å². The van der Waals surface area contributed by atoms with Gasteiger partial charge in [-0.3, -0.25) is 14.5 Å². The standard InChI is InChI=1S/C17H25N3O4/c1-10-11(2)15(16(22)18-12(10)3)17(23)20-8-13(14(21)9-20)19-4-6-24-7-5-19/h13-14,21H,4-9H2,1-3H3,(H,18,22)/t13-,14-/m0/s1. The van der Waals surface area contributed by atoms with E-state index < -0.39 is 6.10 Å². The summed E-state index contributed by atoms with van der Waals surface area (Å²) < 4.78 is 5.34. The molecular weight excluding hydrogens is 310 g/mol. The quantitative estimate of drug-likeness (QED) is 0.783. The summed E-state index contributed by atoms with van der Waals surface area (Å²) in [6.07, 6.45) is -0.599. The van der Waals surface area contributed by atoms with Crippen molar-refractivity contribution in [3.63, 3.8) is 0 Å². The number of pyridine rings is 1. The molecule has 2 saturated heterocycles. The monoisotopic (exact) mass is 335 g/mol. The number of aromatic nitrogens is 1. The first-order valence-electron chi connectivity index (χ1n) is 8.39. The molecule has 2 aliphatic rings. The highest BCUT2D eigenvalue weighted by molar-refractivity contribution is 5.95. The topological polar surface area (TPSA) is 85.9 Å². The van der Waals surface area contributed by atoms with Crippen molar-refractivity contribution in [3.05, 3.63) is 32.7 Å². The highest BCUT2D eigenvalue weighted by Crippen LogP contribution is 2.21. The van der Waals surface area contributed by atoms with Crippen molar-refractivity contribution >= 4 is 5.91 Å². The minimum Gasteiger partial charge on any atom is -0.390 e. The van der Waals surface area contributed by atoms with E-state index >= 15 is 0 Å². The van der Waals surface area contributed by atoms with E-state index in [0.29, 0.717) is 25.3 Å². The average molecular weight is 335 g/mol. The van der Waals surface area contributed by atoms with Crippen LogP contribution in [0, 0.1) is 20.8 Å². The summed E-state index contributed by atoms with van der Waals surface area (Å²) in [4.78, 5) is 31.7. The maximum absolute atomic E-state index is 12.9. The second kappa shape index (κ2) is 6.66. The van der Waals surface area contributed by atoms with Crippen LogP contribution >= 0.6 is 0 Å². The molecule has 7 nitrogen and oxygen atoms in total. The van der Waals surface area contributed by atoms with Crippen molar-refractivity contribution in [1.82, 2.24) is 14.8 Å². The van der Waals surface area contributed by atoms with E-state index in [1.165, 1.54) is 0 Å². The summed E-state index contributed by atoms with van der Waals surface area (Å²) in [5.74, 6) is -0.299. The Morgan fingerprint density at radius 3 is 2.50 bits per heavy atom. The lowest BCUT2D eigenvalue weighted by Crippen LogP contribution is -2.49. The van der Waals surface area contributed by atoms with Crippen molar-refractivity contribution in [3.8, 4) is 0 Å². The predicted octanol–water partition coefficient (Wildman–Crippen LogP) is -0.182. The average Bonchev–Trinajstić information content (AvgIpc) is 2.95. The molecule has 0 spiro atoms. The van der Waals surface area contributed by atoms with Gasteiger partial charge in [0.2, 0.25) is 0 Å². The van der Waals surface area contributed by atoms with Gasteiger partial charge in [0.15, 0.2) is 0 Å². The van der Waals surface area contributed by atoms with Crippen molar-refractivity contribution < 1.29 is 14.6 Å². The van der Waals surface area contributed by atoms with E-state index in [1.54, 1.807) is 11.8 Å². The van der Waals surface area contributed by atoms with E-state index in [1.807, 2.05) is 13.8 Å².